The minimum atomic E-state index is -0.340. The molecule has 1 atom stereocenters. The number of rotatable bonds is 6. The van der Waals surface area contributed by atoms with Gasteiger partial charge in [0.25, 0.3) is 0 Å². The summed E-state index contributed by atoms with van der Waals surface area (Å²) in [6.07, 6.45) is 8.84. The highest BCUT2D eigenvalue weighted by Gasteiger charge is 2.35. The van der Waals surface area contributed by atoms with Crippen LogP contribution in [0.15, 0.2) is 43.1 Å². The van der Waals surface area contributed by atoms with E-state index in [1.165, 1.54) is 6.08 Å². The first-order valence-corrected chi connectivity index (χ1v) is 10.8. The monoisotopic (exact) mass is 417 g/mol. The van der Waals surface area contributed by atoms with E-state index in [0.29, 0.717) is 18.3 Å². The van der Waals surface area contributed by atoms with Gasteiger partial charge < -0.3 is 15.5 Å². The molecule has 160 valence electrons. The van der Waals surface area contributed by atoms with Gasteiger partial charge in [-0.3, -0.25) is 4.79 Å². The van der Waals surface area contributed by atoms with Crippen LogP contribution in [0.5, 0.6) is 0 Å². The van der Waals surface area contributed by atoms with Gasteiger partial charge in [-0.1, -0.05) is 31.6 Å². The number of anilines is 3. The van der Waals surface area contributed by atoms with Gasteiger partial charge in [0, 0.05) is 24.8 Å². The Bertz CT molecular complexity index is 976. The smallest absolute Gasteiger partial charge is 0.246 e. The molecule has 0 spiro atoms. The predicted octanol–water partition coefficient (Wildman–Crippen LogP) is 3.54. The summed E-state index contributed by atoms with van der Waals surface area (Å²) < 4.78 is 0. The molecule has 1 saturated carbocycles. The lowest BCUT2D eigenvalue weighted by atomic mass is 9.80. The number of piperidine rings is 1. The largest absolute Gasteiger partial charge is 0.348 e. The quantitative estimate of drug-likeness (QED) is 0.692. The third-order valence-electron chi connectivity index (χ3n) is 6.18. The van der Waals surface area contributed by atoms with Crippen LogP contribution in [0, 0.1) is 11.3 Å². The van der Waals surface area contributed by atoms with Crippen LogP contribution < -0.4 is 10.6 Å². The molecule has 1 aromatic heterocycles. The molecule has 1 aliphatic heterocycles. The Balaban J connectivity index is 1.40. The fourth-order valence-corrected chi connectivity index (χ4v) is 4.50. The van der Waals surface area contributed by atoms with E-state index in [1.54, 1.807) is 11.1 Å². The van der Waals surface area contributed by atoms with Crippen LogP contribution in [0.2, 0.25) is 0 Å². The van der Waals surface area contributed by atoms with E-state index in [-0.39, 0.29) is 17.4 Å². The lowest BCUT2D eigenvalue weighted by Gasteiger charge is -2.32. The Morgan fingerprint density at radius 3 is 2.74 bits per heavy atom. The number of hydrogen-bond donors (Lipinski definition) is 2. The summed E-state index contributed by atoms with van der Waals surface area (Å²) in [5.41, 5.74) is 1.62. The average Bonchev–Trinajstić information content (AvgIpc) is 3.30. The number of nitrogens with one attached hydrogen (secondary N) is 2. The van der Waals surface area contributed by atoms with Crippen molar-refractivity contribution in [2.24, 2.45) is 0 Å². The van der Waals surface area contributed by atoms with E-state index in [1.807, 2.05) is 24.3 Å². The summed E-state index contributed by atoms with van der Waals surface area (Å²) in [5, 5.41) is 24.3. The molecule has 2 aromatic rings. The molecular formula is C23H27N7O. The number of benzene rings is 1. The second-order valence-corrected chi connectivity index (χ2v) is 8.24. The number of carbonyl (C=O) groups is 1. The van der Waals surface area contributed by atoms with Gasteiger partial charge in [0.2, 0.25) is 11.9 Å². The zero-order valence-corrected chi connectivity index (χ0v) is 17.5. The van der Waals surface area contributed by atoms with Crippen molar-refractivity contribution < 1.29 is 4.79 Å². The maximum atomic E-state index is 11.9. The Labute approximate surface area is 182 Å². The van der Waals surface area contributed by atoms with E-state index in [4.69, 9.17) is 0 Å². The van der Waals surface area contributed by atoms with Crippen molar-refractivity contribution in [1.29, 1.82) is 5.26 Å². The number of hydrogen-bond acceptors (Lipinski definition) is 7. The zero-order chi connectivity index (χ0) is 21.7. The van der Waals surface area contributed by atoms with Crippen LogP contribution in [-0.4, -0.2) is 45.1 Å². The van der Waals surface area contributed by atoms with Gasteiger partial charge in [-0.2, -0.15) is 15.3 Å². The van der Waals surface area contributed by atoms with Crippen LogP contribution in [0.4, 0.5) is 17.5 Å². The molecule has 1 aliphatic carbocycles. The van der Waals surface area contributed by atoms with Gasteiger partial charge >= 0.3 is 0 Å². The van der Waals surface area contributed by atoms with Gasteiger partial charge in [-0.15, -0.1) is 5.10 Å². The fraction of sp³-hybridized carbons (Fsp3) is 0.435. The van der Waals surface area contributed by atoms with Crippen molar-refractivity contribution >= 4 is 23.4 Å². The Kier molecular flexibility index (Phi) is 6.12. The third kappa shape index (κ3) is 4.66. The standard InChI is InChI=1S/C23H27N7O/c1-2-21(31)30-13-5-6-19(15-30)27-22-28-20(14-25-29-22)26-18-9-7-17(8-10-18)23(16-24)11-3-4-12-23/h2,7-10,14,19H,1,3-6,11-13,15H2,(H2,26,27,28,29). The molecule has 0 bridgehead atoms. The summed E-state index contributed by atoms with van der Waals surface area (Å²) in [6.45, 7) is 4.90. The molecule has 2 N–H and O–H groups in total. The van der Waals surface area contributed by atoms with Crippen molar-refractivity contribution in [1.82, 2.24) is 20.1 Å². The summed E-state index contributed by atoms with van der Waals surface area (Å²) in [5.74, 6) is 0.949. The van der Waals surface area contributed by atoms with Crippen molar-refractivity contribution in [2.75, 3.05) is 23.7 Å². The van der Waals surface area contributed by atoms with Gasteiger partial charge in [-0.25, -0.2) is 0 Å². The fourth-order valence-electron chi connectivity index (χ4n) is 4.50. The van der Waals surface area contributed by atoms with E-state index in [9.17, 15) is 10.1 Å². The maximum Gasteiger partial charge on any atom is 0.246 e. The van der Waals surface area contributed by atoms with Gasteiger partial charge in [-0.05, 0) is 49.5 Å². The van der Waals surface area contributed by atoms with Gasteiger partial charge in [0.05, 0.1) is 17.7 Å². The Hall–Kier alpha value is -3.47. The molecule has 1 amide bonds. The molecule has 2 heterocycles. The first-order chi connectivity index (χ1) is 15.1. The summed E-state index contributed by atoms with van der Waals surface area (Å²) >= 11 is 0. The Morgan fingerprint density at radius 1 is 1.26 bits per heavy atom. The molecule has 2 fully saturated rings. The number of aromatic nitrogens is 3. The first-order valence-electron chi connectivity index (χ1n) is 10.8. The normalized spacial score (nSPS) is 20.0. The average molecular weight is 418 g/mol. The molecular weight excluding hydrogens is 390 g/mol. The van der Waals surface area contributed by atoms with Crippen molar-refractivity contribution in [3.8, 4) is 6.07 Å². The second kappa shape index (κ2) is 9.13. The van der Waals surface area contributed by atoms with Crippen molar-refractivity contribution in [3.05, 3.63) is 48.7 Å². The molecule has 0 radical (unpaired) electrons. The number of carbonyl (C=O) groups excluding carboxylic acids is 1. The van der Waals surface area contributed by atoms with Crippen molar-refractivity contribution in [3.63, 3.8) is 0 Å². The molecule has 8 nitrogen and oxygen atoms in total. The molecule has 1 aromatic carbocycles. The molecule has 4 rings (SSSR count). The lowest BCUT2D eigenvalue weighted by molar-refractivity contribution is -0.127. The van der Waals surface area contributed by atoms with Crippen molar-refractivity contribution in [2.45, 2.75) is 50.0 Å². The zero-order valence-electron chi connectivity index (χ0n) is 17.5. The second-order valence-electron chi connectivity index (χ2n) is 8.24. The summed E-state index contributed by atoms with van der Waals surface area (Å²) in [4.78, 5) is 18.2. The minimum absolute atomic E-state index is 0.0554. The molecule has 8 heteroatoms. The molecule has 1 unspecified atom stereocenters. The Morgan fingerprint density at radius 2 is 2.03 bits per heavy atom. The molecule has 1 saturated heterocycles. The van der Waals surface area contributed by atoms with E-state index in [2.05, 4.69) is 38.5 Å². The SMILES string of the molecule is C=CC(=O)N1CCCC(Nc2nncc(Nc3ccc(C4(C#N)CCCC4)cc3)n2)C1. The predicted molar refractivity (Wildman–Crippen MR) is 119 cm³/mol. The van der Waals surface area contributed by atoms with Crippen LogP contribution in [-0.2, 0) is 10.2 Å². The molecule has 31 heavy (non-hydrogen) atoms. The number of nitriles is 1. The minimum Gasteiger partial charge on any atom is -0.348 e. The highest BCUT2D eigenvalue weighted by Crippen LogP contribution is 2.40. The topological polar surface area (TPSA) is 107 Å². The van der Waals surface area contributed by atoms with E-state index >= 15 is 0 Å². The summed E-state index contributed by atoms with van der Waals surface area (Å²) in [6, 6.07) is 10.6. The lowest BCUT2D eigenvalue weighted by Crippen LogP contribution is -2.44. The van der Waals surface area contributed by atoms with Crippen LogP contribution >= 0.6 is 0 Å². The van der Waals surface area contributed by atoms with Crippen LogP contribution in [0.1, 0.15) is 44.1 Å². The highest BCUT2D eigenvalue weighted by molar-refractivity contribution is 5.87. The van der Waals surface area contributed by atoms with E-state index < -0.39 is 0 Å². The van der Waals surface area contributed by atoms with Gasteiger partial charge in [0.1, 0.15) is 0 Å². The maximum absolute atomic E-state index is 11.9. The summed E-state index contributed by atoms with van der Waals surface area (Å²) in [7, 11) is 0. The number of amides is 1. The molecule has 2 aliphatic rings. The first kappa shape index (κ1) is 20.8. The number of nitrogens with zero attached hydrogens (tertiary/aromatic N) is 5. The van der Waals surface area contributed by atoms with Crippen LogP contribution in [0.3, 0.4) is 0 Å². The van der Waals surface area contributed by atoms with Crippen LogP contribution in [0.25, 0.3) is 0 Å². The highest BCUT2D eigenvalue weighted by atomic mass is 16.2. The third-order valence-corrected chi connectivity index (χ3v) is 6.18. The van der Waals surface area contributed by atoms with E-state index in [0.717, 1.165) is 56.3 Å². The number of likely N-dealkylation sites (tertiary alicyclic amines) is 1. The van der Waals surface area contributed by atoms with Gasteiger partial charge in [0.15, 0.2) is 5.82 Å².